The van der Waals surface area contributed by atoms with Gasteiger partial charge in [0, 0.05) is 19.3 Å². The average molecular weight is 999 g/mol. The van der Waals surface area contributed by atoms with Crippen molar-refractivity contribution in [2.24, 2.45) is 0 Å². The molecule has 1 aliphatic heterocycles. The number of unbranched alkanes of at least 4 members (excludes halogenated alkanes) is 20. The summed E-state index contributed by atoms with van der Waals surface area (Å²) >= 11 is 0. The Bertz CT molecular complexity index is 1510. The Hall–Kier alpha value is -3.84. The molecule has 406 valence electrons. The first-order valence-electron chi connectivity index (χ1n) is 27.9. The van der Waals surface area contributed by atoms with Gasteiger partial charge in [-0.1, -0.05) is 203 Å². The molecule has 0 saturated carbocycles. The molecule has 1 heterocycles. The van der Waals surface area contributed by atoms with E-state index in [1.807, 2.05) is 18.2 Å². The fraction of sp³-hybridized carbons (Fsp3) is 0.729. The summed E-state index contributed by atoms with van der Waals surface area (Å²) in [6.45, 7) is 5.77. The summed E-state index contributed by atoms with van der Waals surface area (Å²) in [7, 11) is 0. The van der Waals surface area contributed by atoms with Crippen LogP contribution >= 0.6 is 0 Å². The first-order chi connectivity index (χ1) is 34.6. The van der Waals surface area contributed by atoms with Crippen molar-refractivity contribution in [3.8, 4) is 0 Å². The standard InChI is InChI=1S/C59H98O12/c1-4-7-10-13-16-19-21-23-24-25-26-27-28-30-31-34-36-39-42-45-51(60)67-48-50(69-52(61)46-43-40-37-33-18-15-12-9-6-3)49-68-59-57(55(64)54(63)56(71-59)58(65)66)70-53(62)47-44-41-38-35-32-29-22-20-17-14-11-8-5-2/h8,11,16-17,19-20,23-24,29,32,38,41,50,54-57,59,63-64H,4-7,9-10,12-15,18,21-22,25-28,30-31,33-37,39-40,42-49H2,1-3H3,(H,65,66)/b11-8-,19-16-,20-17-,24-23-,32-29-,41-38-. The molecular weight excluding hydrogens is 901 g/mol. The third-order valence-corrected chi connectivity index (χ3v) is 12.3. The number of hydrogen-bond acceptors (Lipinski definition) is 11. The van der Waals surface area contributed by atoms with E-state index in [2.05, 4.69) is 75.5 Å². The van der Waals surface area contributed by atoms with Crippen LogP contribution in [0.2, 0.25) is 0 Å². The Morgan fingerprint density at radius 2 is 0.915 bits per heavy atom. The topological polar surface area (TPSA) is 175 Å². The molecule has 0 spiro atoms. The summed E-state index contributed by atoms with van der Waals surface area (Å²) in [4.78, 5) is 50.8. The lowest BCUT2D eigenvalue weighted by Gasteiger charge is -2.40. The summed E-state index contributed by atoms with van der Waals surface area (Å²) in [5.41, 5.74) is 0. The molecule has 1 rings (SSSR count). The highest BCUT2D eigenvalue weighted by atomic mass is 16.7. The van der Waals surface area contributed by atoms with E-state index in [0.29, 0.717) is 25.7 Å². The summed E-state index contributed by atoms with van der Waals surface area (Å²) in [5.74, 6) is -3.23. The first-order valence-corrected chi connectivity index (χ1v) is 27.9. The Morgan fingerprint density at radius 3 is 1.44 bits per heavy atom. The summed E-state index contributed by atoms with van der Waals surface area (Å²) < 4.78 is 28.2. The predicted octanol–water partition coefficient (Wildman–Crippen LogP) is 13.8. The number of carbonyl (C=O) groups excluding carboxylic acids is 3. The van der Waals surface area contributed by atoms with Crippen molar-refractivity contribution in [2.75, 3.05) is 13.2 Å². The normalized spacial score (nSPS) is 19.0. The van der Waals surface area contributed by atoms with Crippen LogP contribution in [0.15, 0.2) is 72.9 Å². The van der Waals surface area contributed by atoms with Crippen molar-refractivity contribution < 1.29 is 58.2 Å². The number of hydrogen-bond donors (Lipinski definition) is 3. The van der Waals surface area contributed by atoms with Crippen molar-refractivity contribution in [2.45, 2.75) is 263 Å². The molecule has 1 aliphatic rings. The molecular formula is C59H98O12. The van der Waals surface area contributed by atoms with Gasteiger partial charge in [0.2, 0.25) is 0 Å². The third-order valence-electron chi connectivity index (χ3n) is 12.3. The van der Waals surface area contributed by atoms with E-state index in [9.17, 15) is 34.5 Å². The van der Waals surface area contributed by atoms with Crippen LogP contribution in [-0.2, 0) is 42.9 Å². The molecule has 0 aliphatic carbocycles. The number of rotatable bonds is 46. The molecule has 1 fully saturated rings. The zero-order valence-corrected chi connectivity index (χ0v) is 44.4. The maximum absolute atomic E-state index is 13.0. The second-order valence-electron chi connectivity index (χ2n) is 18.8. The number of aliphatic hydroxyl groups excluding tert-OH is 2. The molecule has 3 N–H and O–H groups in total. The van der Waals surface area contributed by atoms with E-state index in [-0.39, 0.29) is 25.9 Å². The average Bonchev–Trinajstić information content (AvgIpc) is 3.35. The lowest BCUT2D eigenvalue weighted by atomic mass is 9.98. The minimum atomic E-state index is -1.93. The van der Waals surface area contributed by atoms with E-state index in [0.717, 1.165) is 70.6 Å². The van der Waals surface area contributed by atoms with Gasteiger partial charge in [-0.2, -0.15) is 0 Å². The van der Waals surface area contributed by atoms with Crippen LogP contribution in [0.25, 0.3) is 0 Å². The predicted molar refractivity (Wildman–Crippen MR) is 285 cm³/mol. The van der Waals surface area contributed by atoms with Crippen LogP contribution in [0.4, 0.5) is 0 Å². The molecule has 6 unspecified atom stereocenters. The molecule has 12 nitrogen and oxygen atoms in total. The quantitative estimate of drug-likeness (QED) is 0.0228. The highest BCUT2D eigenvalue weighted by Gasteiger charge is 2.50. The highest BCUT2D eigenvalue weighted by molar-refractivity contribution is 5.74. The maximum Gasteiger partial charge on any atom is 0.335 e. The van der Waals surface area contributed by atoms with Crippen LogP contribution in [0, 0.1) is 0 Å². The van der Waals surface area contributed by atoms with E-state index in [1.165, 1.54) is 89.9 Å². The second-order valence-corrected chi connectivity index (χ2v) is 18.8. The number of aliphatic hydroxyl groups is 2. The lowest BCUT2D eigenvalue weighted by Crippen LogP contribution is -2.61. The maximum atomic E-state index is 13.0. The van der Waals surface area contributed by atoms with Gasteiger partial charge < -0.3 is 39.0 Å². The lowest BCUT2D eigenvalue weighted by molar-refractivity contribution is -0.301. The van der Waals surface area contributed by atoms with Gasteiger partial charge in [0.05, 0.1) is 6.61 Å². The number of carboxylic acid groups (broad SMARTS) is 1. The first kappa shape index (κ1) is 65.2. The molecule has 6 atom stereocenters. The van der Waals surface area contributed by atoms with Crippen molar-refractivity contribution in [3.05, 3.63) is 72.9 Å². The number of allylic oxidation sites excluding steroid dienone is 12. The molecule has 0 aromatic heterocycles. The van der Waals surface area contributed by atoms with E-state index in [4.69, 9.17) is 23.7 Å². The van der Waals surface area contributed by atoms with Crippen LogP contribution in [0.5, 0.6) is 0 Å². The van der Waals surface area contributed by atoms with Gasteiger partial charge in [-0.3, -0.25) is 14.4 Å². The van der Waals surface area contributed by atoms with E-state index >= 15 is 0 Å². The monoisotopic (exact) mass is 999 g/mol. The minimum Gasteiger partial charge on any atom is -0.479 e. The van der Waals surface area contributed by atoms with Crippen molar-refractivity contribution in [3.63, 3.8) is 0 Å². The largest absolute Gasteiger partial charge is 0.479 e. The molecule has 0 bridgehead atoms. The number of carbonyl (C=O) groups is 4. The van der Waals surface area contributed by atoms with Crippen LogP contribution in [-0.4, -0.2) is 89.2 Å². The van der Waals surface area contributed by atoms with Gasteiger partial charge in [0.15, 0.2) is 24.6 Å². The fourth-order valence-electron chi connectivity index (χ4n) is 8.00. The Kier molecular flexibility index (Phi) is 43.3. The molecule has 0 amide bonds. The van der Waals surface area contributed by atoms with Gasteiger partial charge >= 0.3 is 23.9 Å². The Morgan fingerprint density at radius 1 is 0.479 bits per heavy atom. The van der Waals surface area contributed by atoms with Gasteiger partial charge in [0.25, 0.3) is 0 Å². The van der Waals surface area contributed by atoms with Gasteiger partial charge in [-0.25, -0.2) is 4.79 Å². The molecule has 71 heavy (non-hydrogen) atoms. The second kappa shape index (κ2) is 47.2. The Balaban J connectivity index is 2.68. The minimum absolute atomic E-state index is 0.0616. The van der Waals surface area contributed by atoms with Crippen LogP contribution in [0.3, 0.4) is 0 Å². The smallest absolute Gasteiger partial charge is 0.335 e. The van der Waals surface area contributed by atoms with Gasteiger partial charge in [-0.15, -0.1) is 0 Å². The summed E-state index contributed by atoms with van der Waals surface area (Å²) in [6, 6.07) is 0. The van der Waals surface area contributed by atoms with Gasteiger partial charge in [-0.05, 0) is 77.0 Å². The van der Waals surface area contributed by atoms with E-state index in [1.54, 1.807) is 0 Å². The Labute approximate surface area is 429 Å². The molecule has 0 aromatic rings. The van der Waals surface area contributed by atoms with Crippen molar-refractivity contribution >= 4 is 23.9 Å². The number of carboxylic acids is 1. The molecule has 0 aromatic carbocycles. The SMILES string of the molecule is CC/C=C\C/C=C\C/C=C\C/C=C\CCC(=O)OC1C(OCC(COC(=O)CCCCCCCCCCC/C=C\C/C=C\CCCCC)OC(=O)CCCCCCCCCCC)OC(C(=O)O)C(O)C1O. The highest BCUT2D eigenvalue weighted by Crippen LogP contribution is 2.26. The third kappa shape index (κ3) is 37.6. The van der Waals surface area contributed by atoms with E-state index < -0.39 is 67.3 Å². The molecule has 12 heteroatoms. The zero-order chi connectivity index (χ0) is 51.8. The summed E-state index contributed by atoms with van der Waals surface area (Å²) in [5, 5.41) is 31.3. The van der Waals surface area contributed by atoms with Gasteiger partial charge in [0.1, 0.15) is 18.8 Å². The molecule has 1 saturated heterocycles. The van der Waals surface area contributed by atoms with Crippen LogP contribution in [0.1, 0.15) is 226 Å². The van der Waals surface area contributed by atoms with Crippen molar-refractivity contribution in [1.82, 2.24) is 0 Å². The molecule has 0 radical (unpaired) electrons. The number of esters is 3. The zero-order valence-electron chi connectivity index (χ0n) is 44.4. The van der Waals surface area contributed by atoms with Crippen molar-refractivity contribution in [1.29, 1.82) is 0 Å². The fourth-order valence-corrected chi connectivity index (χ4v) is 8.00. The summed E-state index contributed by atoms with van der Waals surface area (Å²) in [6.07, 6.45) is 46.3. The van der Waals surface area contributed by atoms with Crippen LogP contribution < -0.4 is 0 Å². The number of ether oxygens (including phenoxy) is 5. The number of aliphatic carboxylic acids is 1.